The Kier molecular flexibility index (Phi) is 7.57. The summed E-state index contributed by atoms with van der Waals surface area (Å²) in [4.78, 5) is 46.7. The van der Waals surface area contributed by atoms with Crippen molar-refractivity contribution in [1.29, 1.82) is 0 Å². The van der Waals surface area contributed by atoms with Crippen LogP contribution in [0.15, 0.2) is 30.3 Å². The molecule has 130 valence electrons. The lowest BCUT2D eigenvalue weighted by Crippen LogP contribution is -2.47. The Morgan fingerprint density at radius 1 is 1.12 bits per heavy atom. The molecule has 3 amide bonds. The lowest BCUT2D eigenvalue weighted by molar-refractivity contribution is -0.139. The van der Waals surface area contributed by atoms with Crippen LogP contribution in [-0.2, 0) is 19.2 Å². The van der Waals surface area contributed by atoms with Gasteiger partial charge >= 0.3 is 0 Å². The SMILES string of the molecule is CCCC(N)C(=O)C(=O)NCC(=O)N[C@H](C(N)=O)c1ccccc1. The first kappa shape index (κ1) is 19.3. The molecule has 1 rings (SSSR count). The second kappa shape index (κ2) is 9.41. The van der Waals surface area contributed by atoms with Crippen LogP contribution in [-0.4, -0.2) is 36.1 Å². The summed E-state index contributed by atoms with van der Waals surface area (Å²) in [5, 5.41) is 4.60. The minimum atomic E-state index is -1.02. The Labute approximate surface area is 140 Å². The van der Waals surface area contributed by atoms with Crippen LogP contribution >= 0.6 is 0 Å². The number of nitrogens with one attached hydrogen (secondary N) is 2. The van der Waals surface area contributed by atoms with Gasteiger partial charge in [-0.1, -0.05) is 43.7 Å². The second-order valence-corrected chi connectivity index (χ2v) is 5.26. The van der Waals surface area contributed by atoms with Gasteiger partial charge in [0, 0.05) is 0 Å². The van der Waals surface area contributed by atoms with E-state index >= 15 is 0 Å². The molecule has 0 aliphatic rings. The summed E-state index contributed by atoms with van der Waals surface area (Å²) in [7, 11) is 0. The minimum absolute atomic E-state index is 0.385. The third-order valence-corrected chi connectivity index (χ3v) is 3.29. The molecule has 0 saturated heterocycles. The van der Waals surface area contributed by atoms with Gasteiger partial charge in [-0.2, -0.15) is 0 Å². The molecule has 1 unspecified atom stereocenters. The van der Waals surface area contributed by atoms with Crippen LogP contribution in [0.2, 0.25) is 0 Å². The quantitative estimate of drug-likeness (QED) is 0.434. The molecule has 24 heavy (non-hydrogen) atoms. The van der Waals surface area contributed by atoms with Crippen LogP contribution in [0.5, 0.6) is 0 Å². The number of benzene rings is 1. The van der Waals surface area contributed by atoms with Crippen LogP contribution in [0, 0.1) is 0 Å². The van der Waals surface area contributed by atoms with E-state index in [1.54, 1.807) is 30.3 Å². The molecule has 0 aliphatic carbocycles. The highest BCUT2D eigenvalue weighted by Gasteiger charge is 2.23. The number of hydrogen-bond acceptors (Lipinski definition) is 5. The Balaban J connectivity index is 2.57. The fraction of sp³-hybridized carbons (Fsp3) is 0.375. The van der Waals surface area contributed by atoms with Gasteiger partial charge in [0.1, 0.15) is 6.04 Å². The van der Waals surface area contributed by atoms with Crippen molar-refractivity contribution < 1.29 is 19.2 Å². The highest BCUT2D eigenvalue weighted by molar-refractivity contribution is 6.38. The number of carbonyl (C=O) groups excluding carboxylic acids is 4. The molecule has 6 N–H and O–H groups in total. The Morgan fingerprint density at radius 2 is 1.75 bits per heavy atom. The maximum atomic E-state index is 11.9. The Morgan fingerprint density at radius 3 is 2.29 bits per heavy atom. The topological polar surface area (TPSA) is 144 Å². The van der Waals surface area contributed by atoms with Crippen molar-refractivity contribution in [3.8, 4) is 0 Å². The molecule has 0 fully saturated rings. The molecule has 0 aromatic heterocycles. The monoisotopic (exact) mass is 334 g/mol. The molecule has 1 aromatic rings. The van der Waals surface area contributed by atoms with E-state index in [9.17, 15) is 19.2 Å². The summed E-state index contributed by atoms with van der Waals surface area (Å²) in [6.45, 7) is 1.38. The van der Waals surface area contributed by atoms with Crippen LogP contribution in [0.1, 0.15) is 31.4 Å². The van der Waals surface area contributed by atoms with Crippen molar-refractivity contribution in [2.45, 2.75) is 31.8 Å². The molecule has 0 aliphatic heterocycles. The smallest absolute Gasteiger partial charge is 0.289 e. The van der Waals surface area contributed by atoms with E-state index in [0.717, 1.165) is 0 Å². The van der Waals surface area contributed by atoms with Crippen molar-refractivity contribution in [2.75, 3.05) is 6.54 Å². The first-order chi connectivity index (χ1) is 11.4. The predicted octanol–water partition coefficient (Wildman–Crippen LogP) is -0.858. The molecular weight excluding hydrogens is 312 g/mol. The maximum Gasteiger partial charge on any atom is 0.289 e. The normalized spacial score (nSPS) is 12.8. The van der Waals surface area contributed by atoms with E-state index < -0.39 is 42.1 Å². The van der Waals surface area contributed by atoms with E-state index in [2.05, 4.69) is 10.6 Å². The zero-order chi connectivity index (χ0) is 18.1. The van der Waals surface area contributed by atoms with Gasteiger partial charge in [0.05, 0.1) is 12.6 Å². The van der Waals surface area contributed by atoms with Crippen molar-refractivity contribution in [2.24, 2.45) is 11.5 Å². The van der Waals surface area contributed by atoms with E-state index in [0.29, 0.717) is 18.4 Å². The summed E-state index contributed by atoms with van der Waals surface area (Å²) >= 11 is 0. The zero-order valence-electron chi connectivity index (χ0n) is 13.5. The first-order valence-electron chi connectivity index (χ1n) is 7.58. The van der Waals surface area contributed by atoms with Gasteiger partial charge in [-0.3, -0.25) is 19.2 Å². The van der Waals surface area contributed by atoms with E-state index in [1.807, 2.05) is 6.92 Å². The standard InChI is InChI=1S/C16H22N4O4/c1-2-6-11(17)14(22)16(24)19-9-12(21)20-13(15(18)23)10-7-4-3-5-8-10/h3-5,7-8,11,13H,2,6,9,17H2,1H3,(H2,18,23)(H,19,24)(H,20,21)/t11?,13-/m0/s1. The molecule has 2 atom stereocenters. The van der Waals surface area contributed by atoms with Gasteiger partial charge in [-0.15, -0.1) is 0 Å². The number of nitrogens with two attached hydrogens (primary N) is 2. The Hall–Kier alpha value is -2.74. The van der Waals surface area contributed by atoms with Crippen molar-refractivity contribution >= 4 is 23.5 Å². The minimum Gasteiger partial charge on any atom is -0.368 e. The first-order valence-corrected chi connectivity index (χ1v) is 7.58. The maximum absolute atomic E-state index is 11.9. The molecule has 0 radical (unpaired) electrons. The average molecular weight is 334 g/mol. The van der Waals surface area contributed by atoms with Crippen LogP contribution < -0.4 is 22.1 Å². The third kappa shape index (κ3) is 5.81. The molecular formula is C16H22N4O4. The van der Waals surface area contributed by atoms with Gasteiger partial charge in [0.15, 0.2) is 0 Å². The third-order valence-electron chi connectivity index (χ3n) is 3.29. The van der Waals surface area contributed by atoms with Gasteiger partial charge in [0.25, 0.3) is 5.91 Å². The molecule has 8 heteroatoms. The Bertz CT molecular complexity index is 603. The van der Waals surface area contributed by atoms with Gasteiger partial charge < -0.3 is 22.1 Å². The summed E-state index contributed by atoms with van der Waals surface area (Å²) < 4.78 is 0. The zero-order valence-corrected chi connectivity index (χ0v) is 13.5. The molecule has 8 nitrogen and oxygen atoms in total. The number of rotatable bonds is 9. The highest BCUT2D eigenvalue weighted by Crippen LogP contribution is 2.11. The lowest BCUT2D eigenvalue weighted by Gasteiger charge is -2.16. The highest BCUT2D eigenvalue weighted by atomic mass is 16.2. The van der Waals surface area contributed by atoms with Crippen LogP contribution in [0.3, 0.4) is 0 Å². The van der Waals surface area contributed by atoms with Gasteiger partial charge in [0.2, 0.25) is 17.6 Å². The number of primary amides is 1. The van der Waals surface area contributed by atoms with E-state index in [-0.39, 0.29) is 0 Å². The second-order valence-electron chi connectivity index (χ2n) is 5.26. The van der Waals surface area contributed by atoms with Gasteiger partial charge in [-0.05, 0) is 12.0 Å². The summed E-state index contributed by atoms with van der Waals surface area (Å²) in [6, 6.07) is 6.53. The van der Waals surface area contributed by atoms with Crippen LogP contribution in [0.25, 0.3) is 0 Å². The predicted molar refractivity (Wildman–Crippen MR) is 87.4 cm³/mol. The number of carbonyl (C=O) groups is 4. The molecule has 0 spiro atoms. The number of Topliss-reactive ketones (excluding diaryl/α,β-unsaturated/α-hetero) is 1. The molecule has 1 aromatic carbocycles. The lowest BCUT2D eigenvalue weighted by atomic mass is 10.1. The molecule has 0 bridgehead atoms. The largest absolute Gasteiger partial charge is 0.368 e. The fourth-order valence-electron chi connectivity index (χ4n) is 2.03. The number of hydrogen-bond donors (Lipinski definition) is 4. The van der Waals surface area contributed by atoms with Crippen molar-refractivity contribution in [3.05, 3.63) is 35.9 Å². The van der Waals surface area contributed by atoms with Crippen molar-refractivity contribution in [3.63, 3.8) is 0 Å². The van der Waals surface area contributed by atoms with Crippen molar-refractivity contribution in [1.82, 2.24) is 10.6 Å². The average Bonchev–Trinajstić information content (AvgIpc) is 2.57. The number of ketones is 1. The van der Waals surface area contributed by atoms with E-state index in [1.165, 1.54) is 0 Å². The molecule has 0 saturated carbocycles. The van der Waals surface area contributed by atoms with Crippen LogP contribution in [0.4, 0.5) is 0 Å². The summed E-state index contributed by atoms with van der Waals surface area (Å²) in [5.74, 6) is -3.09. The fourth-order valence-corrected chi connectivity index (χ4v) is 2.03. The number of amides is 3. The summed E-state index contributed by atoms with van der Waals surface area (Å²) in [6.07, 6.45) is 1.05. The van der Waals surface area contributed by atoms with E-state index in [4.69, 9.17) is 11.5 Å². The summed E-state index contributed by atoms with van der Waals surface area (Å²) in [5.41, 5.74) is 11.4. The van der Waals surface area contributed by atoms with Gasteiger partial charge in [-0.25, -0.2) is 0 Å². The molecule has 0 heterocycles.